The van der Waals surface area contributed by atoms with E-state index in [-0.39, 0.29) is 12.6 Å². The van der Waals surface area contributed by atoms with E-state index >= 15 is 0 Å². The Balaban J connectivity index is 1.91. The minimum atomic E-state index is -0.595. The summed E-state index contributed by atoms with van der Waals surface area (Å²) < 4.78 is 0. The Labute approximate surface area is 131 Å². The number of carbonyl (C=O) groups is 1. The summed E-state index contributed by atoms with van der Waals surface area (Å²) in [7, 11) is 0. The molecular formula is C16H26N4O2. The molecule has 2 amide bonds. The highest BCUT2D eigenvalue weighted by Gasteiger charge is 2.24. The third kappa shape index (κ3) is 4.34. The Morgan fingerprint density at radius 1 is 1.41 bits per heavy atom. The van der Waals surface area contributed by atoms with E-state index in [0.717, 1.165) is 31.7 Å². The van der Waals surface area contributed by atoms with Crippen molar-refractivity contribution < 1.29 is 9.90 Å². The van der Waals surface area contributed by atoms with Gasteiger partial charge in [-0.1, -0.05) is 13.3 Å². The molecule has 0 aromatic carbocycles. The number of urea groups is 1. The lowest BCUT2D eigenvalue weighted by atomic mass is 9.98. The molecule has 2 heterocycles. The summed E-state index contributed by atoms with van der Waals surface area (Å²) in [6.07, 6.45) is 5.71. The lowest BCUT2D eigenvalue weighted by Gasteiger charge is -2.28. The normalized spacial score (nSPS) is 17.1. The minimum absolute atomic E-state index is 0.0829. The molecule has 0 radical (unpaired) electrons. The average molecular weight is 306 g/mol. The zero-order valence-electron chi connectivity index (χ0n) is 13.4. The first-order valence-electron chi connectivity index (χ1n) is 7.97. The first-order chi connectivity index (χ1) is 10.6. The molecule has 1 fully saturated rings. The minimum Gasteiger partial charge on any atom is -0.394 e. The van der Waals surface area contributed by atoms with Crippen molar-refractivity contribution in [2.24, 2.45) is 0 Å². The van der Waals surface area contributed by atoms with E-state index in [1.165, 1.54) is 12.8 Å². The van der Waals surface area contributed by atoms with Gasteiger partial charge in [0.2, 0.25) is 0 Å². The van der Waals surface area contributed by atoms with E-state index in [2.05, 4.69) is 20.5 Å². The van der Waals surface area contributed by atoms with Crippen LogP contribution in [0.5, 0.6) is 0 Å². The highest BCUT2D eigenvalue weighted by Crippen LogP contribution is 2.19. The lowest BCUT2D eigenvalue weighted by Crippen LogP contribution is -2.50. The molecule has 1 unspecified atom stereocenters. The van der Waals surface area contributed by atoms with Crippen LogP contribution < -0.4 is 15.5 Å². The number of nitrogens with zero attached hydrogens (tertiary/aromatic N) is 2. The average Bonchev–Trinajstić information content (AvgIpc) is 3.02. The lowest BCUT2D eigenvalue weighted by molar-refractivity contribution is 0.167. The molecule has 0 bridgehead atoms. The van der Waals surface area contributed by atoms with E-state index in [4.69, 9.17) is 0 Å². The fourth-order valence-electron chi connectivity index (χ4n) is 2.76. The van der Waals surface area contributed by atoms with E-state index in [1.54, 1.807) is 6.20 Å². The van der Waals surface area contributed by atoms with Crippen molar-refractivity contribution in [3.05, 3.63) is 18.3 Å². The largest absolute Gasteiger partial charge is 0.394 e. The quantitative estimate of drug-likeness (QED) is 0.754. The van der Waals surface area contributed by atoms with Crippen LogP contribution in [-0.2, 0) is 0 Å². The predicted molar refractivity (Wildman–Crippen MR) is 88.2 cm³/mol. The van der Waals surface area contributed by atoms with Crippen LogP contribution in [0.3, 0.4) is 0 Å². The number of aromatic nitrogens is 1. The fraction of sp³-hybridized carbons (Fsp3) is 0.625. The second kappa shape index (κ2) is 7.45. The second-order valence-corrected chi connectivity index (χ2v) is 6.15. The van der Waals surface area contributed by atoms with Crippen LogP contribution in [0.2, 0.25) is 0 Å². The summed E-state index contributed by atoms with van der Waals surface area (Å²) in [4.78, 5) is 18.7. The van der Waals surface area contributed by atoms with E-state index in [9.17, 15) is 9.90 Å². The van der Waals surface area contributed by atoms with E-state index < -0.39 is 5.54 Å². The molecule has 0 saturated carbocycles. The Morgan fingerprint density at radius 3 is 2.68 bits per heavy atom. The number of anilines is 2. The summed E-state index contributed by atoms with van der Waals surface area (Å²) in [5, 5.41) is 15.0. The predicted octanol–water partition coefficient (Wildman–Crippen LogP) is 2.35. The molecule has 1 atom stereocenters. The highest BCUT2D eigenvalue weighted by molar-refractivity contribution is 5.89. The van der Waals surface area contributed by atoms with Crippen molar-refractivity contribution in [3.8, 4) is 0 Å². The Hall–Kier alpha value is -1.82. The Bertz CT molecular complexity index is 485. The van der Waals surface area contributed by atoms with Crippen molar-refractivity contribution in [2.45, 2.75) is 45.1 Å². The first-order valence-corrected chi connectivity index (χ1v) is 7.97. The van der Waals surface area contributed by atoms with Gasteiger partial charge in [0, 0.05) is 13.1 Å². The zero-order chi connectivity index (χ0) is 16.0. The second-order valence-electron chi connectivity index (χ2n) is 6.15. The molecule has 6 nitrogen and oxygen atoms in total. The monoisotopic (exact) mass is 306 g/mol. The van der Waals surface area contributed by atoms with Gasteiger partial charge >= 0.3 is 6.03 Å². The van der Waals surface area contributed by atoms with Crippen LogP contribution >= 0.6 is 0 Å². The van der Waals surface area contributed by atoms with Crippen molar-refractivity contribution in [1.82, 2.24) is 10.3 Å². The summed E-state index contributed by atoms with van der Waals surface area (Å²) in [6, 6.07) is 3.47. The number of carbonyl (C=O) groups excluding carboxylic acids is 1. The van der Waals surface area contributed by atoms with Gasteiger partial charge in [0.25, 0.3) is 0 Å². The van der Waals surface area contributed by atoms with Gasteiger partial charge in [-0.3, -0.25) is 0 Å². The molecule has 0 aliphatic carbocycles. The van der Waals surface area contributed by atoms with Crippen LogP contribution in [0.15, 0.2) is 18.3 Å². The molecule has 0 spiro atoms. The number of hydrogen-bond donors (Lipinski definition) is 3. The van der Waals surface area contributed by atoms with Crippen LogP contribution in [0.1, 0.15) is 39.5 Å². The number of amides is 2. The van der Waals surface area contributed by atoms with Gasteiger partial charge in [-0.15, -0.1) is 0 Å². The van der Waals surface area contributed by atoms with E-state index in [1.807, 2.05) is 26.0 Å². The standard InChI is InChI=1S/C16H26N4O2/c1-3-8-16(2,12-21)19-15(22)18-13-6-7-14(17-11-13)20-9-4-5-10-20/h6-7,11,21H,3-5,8-10,12H2,1-2H3,(H2,18,19,22). The van der Waals surface area contributed by atoms with Crippen LogP contribution in [0.4, 0.5) is 16.3 Å². The van der Waals surface area contributed by atoms with Crippen LogP contribution in [-0.4, -0.2) is 41.4 Å². The molecule has 1 aliphatic rings. The van der Waals surface area contributed by atoms with Gasteiger partial charge in [0.05, 0.1) is 24.0 Å². The summed E-state index contributed by atoms with van der Waals surface area (Å²) >= 11 is 0. The van der Waals surface area contributed by atoms with Gasteiger partial charge < -0.3 is 20.6 Å². The van der Waals surface area contributed by atoms with E-state index in [0.29, 0.717) is 5.69 Å². The third-order valence-corrected chi connectivity index (χ3v) is 4.00. The molecule has 1 saturated heterocycles. The number of nitrogens with one attached hydrogen (secondary N) is 2. The topological polar surface area (TPSA) is 77.5 Å². The maximum atomic E-state index is 12.0. The highest BCUT2D eigenvalue weighted by atomic mass is 16.3. The number of hydrogen-bond acceptors (Lipinski definition) is 4. The van der Waals surface area contributed by atoms with Gasteiger partial charge in [-0.05, 0) is 38.3 Å². The Morgan fingerprint density at radius 2 is 2.14 bits per heavy atom. The molecule has 3 N–H and O–H groups in total. The van der Waals surface area contributed by atoms with Gasteiger partial charge in [-0.2, -0.15) is 0 Å². The number of aliphatic hydroxyl groups is 1. The van der Waals surface area contributed by atoms with Crippen molar-refractivity contribution in [1.29, 1.82) is 0 Å². The third-order valence-electron chi connectivity index (χ3n) is 4.00. The molecule has 6 heteroatoms. The maximum Gasteiger partial charge on any atom is 0.319 e. The maximum absolute atomic E-state index is 12.0. The van der Waals surface area contributed by atoms with Gasteiger partial charge in [0.1, 0.15) is 5.82 Å². The van der Waals surface area contributed by atoms with Gasteiger partial charge in [0.15, 0.2) is 0 Å². The van der Waals surface area contributed by atoms with Crippen molar-refractivity contribution in [2.75, 3.05) is 29.9 Å². The molecule has 1 aromatic heterocycles. The number of aliphatic hydroxyl groups excluding tert-OH is 1. The SMILES string of the molecule is CCCC(C)(CO)NC(=O)Nc1ccc(N2CCCC2)nc1. The number of pyridine rings is 1. The van der Waals surface area contributed by atoms with Crippen LogP contribution in [0, 0.1) is 0 Å². The first kappa shape index (κ1) is 16.5. The molecule has 22 heavy (non-hydrogen) atoms. The Kier molecular flexibility index (Phi) is 5.60. The van der Waals surface area contributed by atoms with Crippen molar-refractivity contribution >= 4 is 17.5 Å². The molecule has 1 aromatic rings. The summed E-state index contributed by atoms with van der Waals surface area (Å²) in [6.45, 7) is 5.87. The summed E-state index contributed by atoms with van der Waals surface area (Å²) in [5.74, 6) is 0.953. The summed E-state index contributed by atoms with van der Waals surface area (Å²) in [5.41, 5.74) is 0.0547. The molecule has 1 aliphatic heterocycles. The fourth-order valence-corrected chi connectivity index (χ4v) is 2.76. The molecule has 2 rings (SSSR count). The smallest absolute Gasteiger partial charge is 0.319 e. The molecule has 122 valence electrons. The van der Waals surface area contributed by atoms with Crippen molar-refractivity contribution in [3.63, 3.8) is 0 Å². The van der Waals surface area contributed by atoms with Crippen LogP contribution in [0.25, 0.3) is 0 Å². The number of rotatable bonds is 6. The zero-order valence-corrected chi connectivity index (χ0v) is 13.4. The molecular weight excluding hydrogens is 280 g/mol. The van der Waals surface area contributed by atoms with Gasteiger partial charge in [-0.25, -0.2) is 9.78 Å².